The molecule has 47 valence electrons. The summed E-state index contributed by atoms with van der Waals surface area (Å²) in [5.41, 5.74) is 0. The summed E-state index contributed by atoms with van der Waals surface area (Å²) in [5, 5.41) is 3.25. The van der Waals surface area contributed by atoms with Gasteiger partial charge in [0.1, 0.15) is 0 Å². The normalized spacial score (nSPS) is 23.6. The molecule has 0 aliphatic heterocycles. The Hall–Kier alpha value is -0.0400. The van der Waals surface area contributed by atoms with Gasteiger partial charge in [-0.2, -0.15) is 0 Å². The van der Waals surface area contributed by atoms with Crippen molar-refractivity contribution in [1.82, 2.24) is 5.32 Å². The van der Waals surface area contributed by atoms with Gasteiger partial charge in [-0.25, -0.2) is 0 Å². The van der Waals surface area contributed by atoms with E-state index in [2.05, 4.69) is 11.7 Å². The molecule has 0 aromatic carbocycles. The molecular weight excluding hydrogens is 98.1 g/mol. The monoisotopic (exact) mass is 112 g/mol. The average Bonchev–Trinajstić information content (AvgIpc) is 1.90. The molecule has 0 heterocycles. The summed E-state index contributed by atoms with van der Waals surface area (Å²) < 4.78 is 0. The van der Waals surface area contributed by atoms with Gasteiger partial charge < -0.3 is 5.32 Å². The molecule has 1 N–H and O–H groups in total. The smallest absolute Gasteiger partial charge is 0.00955 e. The maximum atomic E-state index is 3.25. The minimum absolute atomic E-state index is 0.712. The van der Waals surface area contributed by atoms with Crippen LogP contribution in [0.25, 0.3) is 0 Å². The number of hydrogen-bond donors (Lipinski definition) is 1. The van der Waals surface area contributed by atoms with Crippen molar-refractivity contribution in [3.05, 3.63) is 6.42 Å². The van der Waals surface area contributed by atoms with Crippen molar-refractivity contribution in [3.63, 3.8) is 0 Å². The zero-order valence-corrected chi connectivity index (χ0v) is 5.48. The van der Waals surface area contributed by atoms with Crippen molar-refractivity contribution < 1.29 is 0 Å². The molecule has 1 rings (SSSR count). The van der Waals surface area contributed by atoms with E-state index in [-0.39, 0.29) is 0 Å². The molecule has 0 aromatic heterocycles. The van der Waals surface area contributed by atoms with Crippen LogP contribution in [-0.2, 0) is 0 Å². The summed E-state index contributed by atoms with van der Waals surface area (Å²) in [6, 6.07) is 0.712. The maximum absolute atomic E-state index is 3.25. The van der Waals surface area contributed by atoms with Gasteiger partial charge in [0.15, 0.2) is 0 Å². The van der Waals surface area contributed by atoms with Gasteiger partial charge in [-0.15, -0.1) is 0 Å². The second kappa shape index (κ2) is 3.08. The Balaban J connectivity index is 2.13. The lowest BCUT2D eigenvalue weighted by atomic mass is 9.96. The van der Waals surface area contributed by atoms with Crippen molar-refractivity contribution in [1.29, 1.82) is 0 Å². The van der Waals surface area contributed by atoms with Gasteiger partial charge in [0.2, 0.25) is 0 Å². The van der Waals surface area contributed by atoms with E-state index in [0.29, 0.717) is 6.04 Å². The van der Waals surface area contributed by atoms with E-state index in [1.807, 2.05) is 7.05 Å². The van der Waals surface area contributed by atoms with Gasteiger partial charge in [0.25, 0.3) is 0 Å². The summed E-state index contributed by atoms with van der Waals surface area (Å²) in [4.78, 5) is 0. The Labute approximate surface area is 51.5 Å². The van der Waals surface area contributed by atoms with Crippen LogP contribution in [0, 0.1) is 6.42 Å². The van der Waals surface area contributed by atoms with E-state index in [0.717, 1.165) is 0 Å². The topological polar surface area (TPSA) is 12.0 Å². The molecule has 1 aliphatic rings. The molecule has 0 spiro atoms. The number of nitrogens with one attached hydrogen (secondary N) is 1. The Morgan fingerprint density at radius 1 is 1.50 bits per heavy atom. The quantitative estimate of drug-likeness (QED) is 0.540. The van der Waals surface area contributed by atoms with Crippen molar-refractivity contribution in [2.75, 3.05) is 7.05 Å². The summed E-state index contributed by atoms with van der Waals surface area (Å²) in [6.07, 6.45) is 7.84. The minimum Gasteiger partial charge on any atom is -0.317 e. The van der Waals surface area contributed by atoms with Crippen molar-refractivity contribution in [2.45, 2.75) is 31.7 Å². The Bertz CT molecular complexity index is 55.4. The van der Waals surface area contributed by atoms with Crippen molar-refractivity contribution >= 4 is 0 Å². The first kappa shape index (κ1) is 6.09. The van der Waals surface area contributed by atoms with Gasteiger partial charge in [-0.05, 0) is 26.3 Å². The minimum atomic E-state index is 0.712. The molecule has 0 unspecified atom stereocenters. The van der Waals surface area contributed by atoms with Gasteiger partial charge in [-0.1, -0.05) is 12.8 Å². The van der Waals surface area contributed by atoms with Crippen LogP contribution in [0.5, 0.6) is 0 Å². The van der Waals surface area contributed by atoms with E-state index in [1.165, 1.54) is 25.7 Å². The first-order valence-electron chi connectivity index (χ1n) is 3.44. The van der Waals surface area contributed by atoms with Crippen LogP contribution in [0.3, 0.4) is 0 Å². The highest BCUT2D eigenvalue weighted by molar-refractivity contribution is 4.85. The summed E-state index contributed by atoms with van der Waals surface area (Å²) in [5.74, 6) is 0. The lowest BCUT2D eigenvalue weighted by molar-refractivity contribution is 0.476. The third-order valence-corrected chi connectivity index (χ3v) is 1.79. The predicted molar refractivity (Wildman–Crippen MR) is 35.6 cm³/mol. The molecule has 1 atom stereocenters. The molecule has 0 saturated heterocycles. The zero-order valence-electron chi connectivity index (χ0n) is 5.48. The fraction of sp³-hybridized carbons (Fsp3) is 0.857. The number of hydrogen-bond acceptors (Lipinski definition) is 1. The van der Waals surface area contributed by atoms with E-state index < -0.39 is 0 Å². The molecule has 0 aromatic rings. The summed E-state index contributed by atoms with van der Waals surface area (Å²) in [7, 11) is 2.03. The Morgan fingerprint density at radius 3 is 2.75 bits per heavy atom. The van der Waals surface area contributed by atoms with Gasteiger partial charge in [0.05, 0.1) is 0 Å². The Morgan fingerprint density at radius 2 is 2.38 bits per heavy atom. The van der Waals surface area contributed by atoms with Crippen LogP contribution in [0.2, 0.25) is 0 Å². The lowest BCUT2D eigenvalue weighted by Crippen LogP contribution is -2.27. The van der Waals surface area contributed by atoms with Crippen LogP contribution in [-0.4, -0.2) is 13.1 Å². The van der Waals surface area contributed by atoms with Crippen LogP contribution >= 0.6 is 0 Å². The third kappa shape index (κ3) is 1.48. The zero-order chi connectivity index (χ0) is 5.82. The average molecular weight is 112 g/mol. The fourth-order valence-corrected chi connectivity index (χ4v) is 1.21. The first-order valence-corrected chi connectivity index (χ1v) is 3.44. The molecule has 1 radical (unpaired) electrons. The second-order valence-corrected chi connectivity index (χ2v) is 2.42. The molecule has 8 heavy (non-hydrogen) atoms. The highest BCUT2D eigenvalue weighted by Crippen LogP contribution is 2.15. The third-order valence-electron chi connectivity index (χ3n) is 1.79. The SMILES string of the molecule is CN[C@H]1[CH]CCCC1. The summed E-state index contributed by atoms with van der Waals surface area (Å²) >= 11 is 0. The Kier molecular flexibility index (Phi) is 2.34. The molecule has 1 saturated carbocycles. The van der Waals surface area contributed by atoms with Crippen LogP contribution in [0.1, 0.15) is 25.7 Å². The number of rotatable bonds is 1. The predicted octanol–water partition coefficient (Wildman–Crippen LogP) is 1.35. The fourth-order valence-electron chi connectivity index (χ4n) is 1.21. The standard InChI is InChI=1S/C7H14N/c1-8-7-5-3-2-4-6-7/h5,7-8H,2-4,6H2,1H3/t7-/m0/s1. The molecular formula is C7H14N. The van der Waals surface area contributed by atoms with E-state index >= 15 is 0 Å². The van der Waals surface area contributed by atoms with Crippen LogP contribution in [0.15, 0.2) is 0 Å². The van der Waals surface area contributed by atoms with Crippen molar-refractivity contribution in [3.8, 4) is 0 Å². The van der Waals surface area contributed by atoms with Gasteiger partial charge in [-0.3, -0.25) is 0 Å². The molecule has 0 bridgehead atoms. The maximum Gasteiger partial charge on any atom is 0.00955 e. The molecule has 1 nitrogen and oxygen atoms in total. The second-order valence-electron chi connectivity index (χ2n) is 2.42. The van der Waals surface area contributed by atoms with Crippen LogP contribution in [0.4, 0.5) is 0 Å². The molecule has 1 fully saturated rings. The highest BCUT2D eigenvalue weighted by atomic mass is 14.9. The van der Waals surface area contributed by atoms with E-state index in [4.69, 9.17) is 0 Å². The summed E-state index contributed by atoms with van der Waals surface area (Å²) in [6.45, 7) is 0. The van der Waals surface area contributed by atoms with Crippen molar-refractivity contribution in [2.24, 2.45) is 0 Å². The molecule has 1 heteroatoms. The van der Waals surface area contributed by atoms with E-state index in [1.54, 1.807) is 0 Å². The molecule has 0 amide bonds. The molecule has 1 aliphatic carbocycles. The first-order chi connectivity index (χ1) is 3.93. The van der Waals surface area contributed by atoms with Gasteiger partial charge >= 0.3 is 0 Å². The van der Waals surface area contributed by atoms with Gasteiger partial charge in [0, 0.05) is 6.04 Å². The van der Waals surface area contributed by atoms with E-state index in [9.17, 15) is 0 Å². The lowest BCUT2D eigenvalue weighted by Gasteiger charge is -2.19. The van der Waals surface area contributed by atoms with Crippen LogP contribution < -0.4 is 5.32 Å². The highest BCUT2D eigenvalue weighted by Gasteiger charge is 2.09. The largest absolute Gasteiger partial charge is 0.317 e.